The summed E-state index contributed by atoms with van der Waals surface area (Å²) in [6, 6.07) is 16.5. The van der Waals surface area contributed by atoms with Crippen LogP contribution in [-0.4, -0.2) is 63.2 Å². The van der Waals surface area contributed by atoms with Gasteiger partial charge in [0.1, 0.15) is 11.8 Å². The third-order valence-corrected chi connectivity index (χ3v) is 8.54. The Balaban J connectivity index is 1.70. The number of hydrogen-bond acceptors (Lipinski definition) is 7. The van der Waals surface area contributed by atoms with Crippen LogP contribution in [0.4, 0.5) is 11.4 Å². The second-order valence-corrected chi connectivity index (χ2v) is 11.0. The maximum absolute atomic E-state index is 14.6. The highest BCUT2D eigenvalue weighted by Gasteiger charge is 2.44. The van der Waals surface area contributed by atoms with Crippen LogP contribution < -0.4 is 25.2 Å². The topological polar surface area (TPSA) is 124 Å². The lowest BCUT2D eigenvalue weighted by atomic mass is 9.96. The van der Waals surface area contributed by atoms with E-state index in [4.69, 9.17) is 9.47 Å². The average Bonchev–Trinajstić information content (AvgIpc) is 3.12. The second kappa shape index (κ2) is 12.8. The van der Waals surface area contributed by atoms with Gasteiger partial charge in [-0.05, 0) is 68.8 Å². The number of nitriles is 1. The summed E-state index contributed by atoms with van der Waals surface area (Å²) in [6.45, 7) is 4.53. The minimum atomic E-state index is -1.06. The Morgan fingerprint density at radius 1 is 1.12 bits per heavy atom. The van der Waals surface area contributed by atoms with Gasteiger partial charge in [0.05, 0.1) is 48.7 Å². The van der Waals surface area contributed by atoms with Crippen molar-refractivity contribution in [2.24, 2.45) is 5.92 Å². The summed E-state index contributed by atoms with van der Waals surface area (Å²) < 4.78 is 11.3. The van der Waals surface area contributed by atoms with Gasteiger partial charge in [0.25, 0.3) is 5.91 Å². The first kappa shape index (κ1) is 30.0. The molecule has 2 aliphatic rings. The van der Waals surface area contributed by atoms with Crippen molar-refractivity contribution in [1.82, 2.24) is 10.6 Å². The standard InChI is InChI=1S/C33H37N5O5/c1-20(35-3)31(39)36-30-21(2)38(32(40)24-13-15-43-16-14-24)28-17-22(18-34)9-11-27(28)37(33(30)41)19-26-25-8-6-5-7-23(25)10-12-29(26)42-4/h5-12,17,20-21,24,30,35H,13-16,19H2,1-4H3,(H,36,39)/t20?,21-,30-/m0/s1. The molecule has 0 spiro atoms. The maximum atomic E-state index is 14.6. The summed E-state index contributed by atoms with van der Waals surface area (Å²) in [4.78, 5) is 45.3. The number of ether oxygens (including phenoxy) is 2. The van der Waals surface area contributed by atoms with Crippen molar-refractivity contribution in [2.45, 2.75) is 51.4 Å². The molecule has 0 bridgehead atoms. The van der Waals surface area contributed by atoms with E-state index in [0.717, 1.165) is 16.3 Å². The fourth-order valence-electron chi connectivity index (χ4n) is 5.92. The summed E-state index contributed by atoms with van der Waals surface area (Å²) in [6.07, 6.45) is 1.10. The predicted octanol–water partition coefficient (Wildman–Crippen LogP) is 3.51. The number of anilines is 2. The van der Waals surface area contributed by atoms with Crippen LogP contribution in [0.15, 0.2) is 54.6 Å². The van der Waals surface area contributed by atoms with E-state index >= 15 is 0 Å². The Bertz CT molecular complexity index is 1580. The third kappa shape index (κ3) is 5.78. The Labute approximate surface area is 251 Å². The van der Waals surface area contributed by atoms with Gasteiger partial charge >= 0.3 is 0 Å². The summed E-state index contributed by atoms with van der Waals surface area (Å²) in [5, 5.41) is 17.6. The Morgan fingerprint density at radius 3 is 2.56 bits per heavy atom. The number of carbonyl (C=O) groups excluding carboxylic acids is 3. The monoisotopic (exact) mass is 583 g/mol. The van der Waals surface area contributed by atoms with Gasteiger partial charge in [-0.3, -0.25) is 14.4 Å². The minimum absolute atomic E-state index is 0.113. The Morgan fingerprint density at radius 2 is 1.86 bits per heavy atom. The zero-order chi connectivity index (χ0) is 30.7. The molecule has 1 unspecified atom stereocenters. The molecule has 3 aromatic rings. The molecule has 10 nitrogen and oxygen atoms in total. The van der Waals surface area contributed by atoms with E-state index in [-0.39, 0.29) is 30.2 Å². The number of fused-ring (bicyclic) bond motifs is 2. The van der Waals surface area contributed by atoms with Crippen molar-refractivity contribution >= 4 is 39.9 Å². The summed E-state index contributed by atoms with van der Waals surface area (Å²) in [5.41, 5.74) is 2.07. The number of rotatable bonds is 7. The van der Waals surface area contributed by atoms with E-state index in [1.54, 1.807) is 56.0 Å². The van der Waals surface area contributed by atoms with E-state index in [0.29, 0.717) is 48.7 Å². The van der Waals surface area contributed by atoms with Crippen LogP contribution >= 0.6 is 0 Å². The minimum Gasteiger partial charge on any atom is -0.496 e. The Hall–Kier alpha value is -4.46. The number of hydrogen-bond donors (Lipinski definition) is 2. The average molecular weight is 584 g/mol. The van der Waals surface area contributed by atoms with E-state index in [1.165, 1.54) is 0 Å². The molecule has 2 aliphatic heterocycles. The van der Waals surface area contributed by atoms with Crippen molar-refractivity contribution < 1.29 is 23.9 Å². The van der Waals surface area contributed by atoms with E-state index in [2.05, 4.69) is 16.7 Å². The van der Waals surface area contributed by atoms with E-state index < -0.39 is 18.1 Å². The van der Waals surface area contributed by atoms with Gasteiger partial charge in [-0.15, -0.1) is 0 Å². The van der Waals surface area contributed by atoms with Crippen molar-refractivity contribution in [3.05, 3.63) is 65.7 Å². The SMILES string of the molecule is CNC(C)C(=O)N[C@@H]1C(=O)N(Cc2c(OC)ccc3ccccc23)c2ccc(C#N)cc2N(C(=O)C2CCOCC2)[C@H]1C. The molecule has 5 rings (SSSR count). The number of nitrogens with zero attached hydrogens (tertiary/aromatic N) is 3. The molecular weight excluding hydrogens is 546 g/mol. The number of amides is 3. The number of methoxy groups -OCH3 is 1. The molecule has 3 atom stereocenters. The molecule has 3 amide bonds. The van der Waals surface area contributed by atoms with Crippen LogP contribution in [0.3, 0.4) is 0 Å². The number of likely N-dealkylation sites (N-methyl/N-ethyl adjacent to an activating group) is 1. The van der Waals surface area contributed by atoms with Crippen LogP contribution in [0, 0.1) is 17.2 Å². The molecule has 0 radical (unpaired) electrons. The lowest BCUT2D eigenvalue weighted by Gasteiger charge is -2.35. The highest BCUT2D eigenvalue weighted by Crippen LogP contribution is 2.40. The normalized spacial score (nSPS) is 19.7. The highest BCUT2D eigenvalue weighted by molar-refractivity contribution is 6.09. The van der Waals surface area contributed by atoms with Crippen molar-refractivity contribution in [1.29, 1.82) is 5.26 Å². The lowest BCUT2D eigenvalue weighted by Crippen LogP contribution is -2.60. The molecular formula is C33H37N5O5. The second-order valence-electron chi connectivity index (χ2n) is 11.0. The molecule has 0 aliphatic carbocycles. The lowest BCUT2D eigenvalue weighted by molar-refractivity contribution is -0.130. The van der Waals surface area contributed by atoms with Gasteiger partial charge in [-0.2, -0.15) is 5.26 Å². The third-order valence-electron chi connectivity index (χ3n) is 8.54. The molecule has 224 valence electrons. The van der Waals surface area contributed by atoms with Crippen molar-refractivity contribution in [3.63, 3.8) is 0 Å². The molecule has 0 aromatic heterocycles. The number of carbonyl (C=O) groups is 3. The first-order chi connectivity index (χ1) is 20.8. The smallest absolute Gasteiger partial charge is 0.252 e. The van der Waals surface area contributed by atoms with Crippen LogP contribution in [0.25, 0.3) is 10.8 Å². The fourth-order valence-corrected chi connectivity index (χ4v) is 5.92. The van der Waals surface area contributed by atoms with Crippen molar-refractivity contribution in [3.8, 4) is 11.8 Å². The van der Waals surface area contributed by atoms with Gasteiger partial charge in [0.15, 0.2) is 0 Å². The van der Waals surface area contributed by atoms with Gasteiger partial charge in [0, 0.05) is 24.7 Å². The molecule has 43 heavy (non-hydrogen) atoms. The van der Waals surface area contributed by atoms with Gasteiger partial charge in [-0.25, -0.2) is 0 Å². The summed E-state index contributed by atoms with van der Waals surface area (Å²) in [7, 11) is 3.26. The number of benzene rings is 3. The largest absolute Gasteiger partial charge is 0.496 e. The zero-order valence-corrected chi connectivity index (χ0v) is 24.9. The Kier molecular flexibility index (Phi) is 8.94. The number of nitrogens with one attached hydrogen (secondary N) is 2. The first-order valence-electron chi connectivity index (χ1n) is 14.6. The molecule has 1 fully saturated rings. The molecule has 10 heteroatoms. The molecule has 3 aromatic carbocycles. The zero-order valence-electron chi connectivity index (χ0n) is 24.9. The van der Waals surface area contributed by atoms with Gasteiger partial charge < -0.3 is 29.9 Å². The predicted molar refractivity (Wildman–Crippen MR) is 164 cm³/mol. The molecule has 1 saturated heterocycles. The summed E-state index contributed by atoms with van der Waals surface area (Å²) in [5.74, 6) is -0.601. The summed E-state index contributed by atoms with van der Waals surface area (Å²) >= 11 is 0. The fraction of sp³-hybridized carbons (Fsp3) is 0.394. The first-order valence-corrected chi connectivity index (χ1v) is 14.6. The van der Waals surface area contributed by atoms with Crippen LogP contribution in [0.5, 0.6) is 5.75 Å². The molecule has 2 N–H and O–H groups in total. The van der Waals surface area contributed by atoms with Crippen LogP contribution in [-0.2, 0) is 25.7 Å². The van der Waals surface area contributed by atoms with E-state index in [1.807, 2.05) is 36.4 Å². The highest BCUT2D eigenvalue weighted by atomic mass is 16.5. The van der Waals surface area contributed by atoms with Crippen LogP contribution in [0.2, 0.25) is 0 Å². The molecule has 2 heterocycles. The maximum Gasteiger partial charge on any atom is 0.252 e. The van der Waals surface area contributed by atoms with Crippen molar-refractivity contribution in [2.75, 3.05) is 37.2 Å². The molecule has 0 saturated carbocycles. The quantitative estimate of drug-likeness (QED) is 0.436. The van der Waals surface area contributed by atoms with Gasteiger partial charge in [-0.1, -0.05) is 30.3 Å². The van der Waals surface area contributed by atoms with Gasteiger partial charge in [0.2, 0.25) is 11.8 Å². The van der Waals surface area contributed by atoms with Crippen LogP contribution in [0.1, 0.15) is 37.8 Å². The van der Waals surface area contributed by atoms with E-state index in [9.17, 15) is 19.6 Å².